The number of aliphatic hydroxyl groups excluding tert-OH is 4. The van der Waals surface area contributed by atoms with Crippen molar-refractivity contribution in [1.29, 1.82) is 0 Å². The highest BCUT2D eigenvalue weighted by Crippen LogP contribution is 2.37. The van der Waals surface area contributed by atoms with Crippen molar-refractivity contribution in [3.63, 3.8) is 0 Å². The van der Waals surface area contributed by atoms with Crippen molar-refractivity contribution < 1.29 is 59.2 Å². The van der Waals surface area contributed by atoms with Crippen molar-refractivity contribution in [1.82, 2.24) is 4.90 Å². The molecule has 3 aliphatic rings. The minimum Gasteiger partial charge on any atom is -0.480 e. The monoisotopic (exact) mass is 890 g/mol. The van der Waals surface area contributed by atoms with E-state index in [9.17, 15) is 45.0 Å². The zero-order chi connectivity index (χ0) is 47.0. The fourth-order valence-electron chi connectivity index (χ4n) is 9.80. The number of rotatable bonds is 24. The number of carboxylic acid groups (broad SMARTS) is 1. The second-order valence-electron chi connectivity index (χ2n) is 19.5. The molecule has 3 fully saturated rings. The first-order valence-electron chi connectivity index (χ1n) is 23.7. The number of allylic oxidation sites excluding steroid dienone is 6. The van der Waals surface area contributed by atoms with E-state index in [4.69, 9.17) is 14.2 Å². The Balaban J connectivity index is 1.43. The topological polar surface area (TPSA) is 204 Å². The molecule has 0 aromatic carbocycles. The summed E-state index contributed by atoms with van der Waals surface area (Å²) >= 11 is 0. The predicted octanol–water partition coefficient (Wildman–Crippen LogP) is 6.69. The Morgan fingerprint density at radius 1 is 0.937 bits per heavy atom. The van der Waals surface area contributed by atoms with Gasteiger partial charge in [0, 0.05) is 32.6 Å². The van der Waals surface area contributed by atoms with Crippen LogP contribution in [0.5, 0.6) is 0 Å². The van der Waals surface area contributed by atoms with Crippen LogP contribution in [0.1, 0.15) is 138 Å². The summed E-state index contributed by atoms with van der Waals surface area (Å²) in [5, 5.41) is 64.6. The normalized spacial score (nSPS) is 30.4. The molecule has 2 aliphatic heterocycles. The highest BCUT2D eigenvalue weighted by atomic mass is 16.6. The van der Waals surface area contributed by atoms with E-state index in [1.54, 1.807) is 14.0 Å². The third-order valence-corrected chi connectivity index (χ3v) is 14.1. The van der Waals surface area contributed by atoms with Crippen LogP contribution in [0.15, 0.2) is 47.6 Å². The van der Waals surface area contributed by atoms with E-state index < -0.39 is 65.9 Å². The number of hydrogen-bond acceptors (Lipinski definition) is 11. The average molecular weight is 890 g/mol. The van der Waals surface area contributed by atoms with Crippen LogP contribution in [0.25, 0.3) is 0 Å². The lowest BCUT2D eigenvalue weighted by molar-refractivity contribution is -0.263. The fourth-order valence-corrected chi connectivity index (χ4v) is 9.80. The fraction of sp³-hybridized carbons (Fsp3) is 0.780. The van der Waals surface area contributed by atoms with Gasteiger partial charge in [0.25, 0.3) is 11.7 Å². The molecule has 0 bridgehead atoms. The standard InChI is InChI=1S/C50H83NO12/c1-31(18-22-39-23-20-37(7)50(60,63-39)47(56)48(57)51-26-14-13-17-40(51)49(58)59)15-11-10-12-16-32(2)27-35(5)44(54)46(62-9)45(55)36(6)29-34(4)41(52)24-19-33(3)28-38-21-25-42(53)43(30-38)61-8/h10-12,15-16,29,32-35,37-46,52-55,60H,13-14,17-28,30H2,1-9H3,(H,58,59)/b11-10+,16-12+,31-15+,36-29+/t32-,33+,34-,35?,37-,38?,39-,40?,41?,42-,43-,44+,45+,46+,50-/m1/s1. The average Bonchev–Trinajstić information content (AvgIpc) is 3.25. The summed E-state index contributed by atoms with van der Waals surface area (Å²) in [6.45, 7) is 13.8. The number of carbonyl (C=O) groups is 3. The molecule has 63 heavy (non-hydrogen) atoms. The van der Waals surface area contributed by atoms with E-state index >= 15 is 0 Å². The molecule has 3 rings (SSSR count). The molecule has 1 aliphatic carbocycles. The molecule has 2 heterocycles. The van der Waals surface area contributed by atoms with Crippen LogP contribution < -0.4 is 0 Å². The van der Waals surface area contributed by atoms with Crippen LogP contribution >= 0.6 is 0 Å². The van der Waals surface area contributed by atoms with Gasteiger partial charge < -0.3 is 49.7 Å². The lowest BCUT2D eigenvalue weighted by atomic mass is 9.79. The van der Waals surface area contributed by atoms with E-state index in [2.05, 4.69) is 19.9 Å². The predicted molar refractivity (Wildman–Crippen MR) is 243 cm³/mol. The summed E-state index contributed by atoms with van der Waals surface area (Å²) in [7, 11) is 3.15. The summed E-state index contributed by atoms with van der Waals surface area (Å²) in [4.78, 5) is 39.3. The number of nitrogens with zero attached hydrogens (tertiary/aromatic N) is 1. The first-order valence-corrected chi connectivity index (χ1v) is 23.7. The number of likely N-dealkylation sites (tertiary alicyclic amines) is 1. The Morgan fingerprint density at radius 2 is 1.65 bits per heavy atom. The number of ketones is 1. The molecule has 0 aromatic rings. The number of carbonyl (C=O) groups excluding carboxylic acids is 2. The second kappa shape index (κ2) is 26.4. The van der Waals surface area contributed by atoms with E-state index in [1.807, 2.05) is 58.1 Å². The number of carboxylic acids is 1. The van der Waals surface area contributed by atoms with Crippen molar-refractivity contribution in [2.75, 3.05) is 20.8 Å². The third-order valence-electron chi connectivity index (χ3n) is 14.1. The van der Waals surface area contributed by atoms with Crippen molar-refractivity contribution in [2.24, 2.45) is 35.5 Å². The van der Waals surface area contributed by atoms with Gasteiger partial charge in [0.15, 0.2) is 0 Å². The number of ether oxygens (including phenoxy) is 3. The maximum absolute atomic E-state index is 13.3. The molecular weight excluding hydrogens is 807 g/mol. The molecule has 4 unspecified atom stereocenters. The number of amides is 1. The summed E-state index contributed by atoms with van der Waals surface area (Å²) < 4.78 is 17.0. The summed E-state index contributed by atoms with van der Waals surface area (Å²) in [5.74, 6) is -5.46. The molecule has 15 atom stereocenters. The SMILES string of the molecule is CO[C@H]([C@@H](O)/C(C)=C/[C@@H](C)C(O)CC[C@H](C)CC1CC[C@@H](O)[C@H](OC)C1)[C@@H](O)C(C)C[C@H](C)/C=C/C=C/C=C(\C)CC[C@@H]1CC[C@@H](C)[C@](O)(C(=O)C(=O)N2CCCCC2C(=O)O)O1. The summed E-state index contributed by atoms with van der Waals surface area (Å²) in [5.41, 5.74) is 1.71. The molecule has 13 heteroatoms. The van der Waals surface area contributed by atoms with Crippen molar-refractivity contribution in [2.45, 2.75) is 193 Å². The van der Waals surface area contributed by atoms with Crippen LogP contribution in [-0.4, -0.2) is 129 Å². The lowest BCUT2D eigenvalue weighted by Crippen LogP contribution is -2.60. The van der Waals surface area contributed by atoms with Gasteiger partial charge in [-0.15, -0.1) is 0 Å². The molecule has 13 nitrogen and oxygen atoms in total. The van der Waals surface area contributed by atoms with Gasteiger partial charge in [-0.1, -0.05) is 76.6 Å². The molecule has 1 saturated carbocycles. The van der Waals surface area contributed by atoms with Gasteiger partial charge in [-0.3, -0.25) is 9.59 Å². The number of piperidine rings is 1. The largest absolute Gasteiger partial charge is 0.480 e. The third kappa shape index (κ3) is 16.3. The number of methoxy groups -OCH3 is 2. The molecule has 0 spiro atoms. The Morgan fingerprint density at radius 3 is 2.32 bits per heavy atom. The Kier molecular flexibility index (Phi) is 22.9. The zero-order valence-electron chi connectivity index (χ0n) is 39.7. The van der Waals surface area contributed by atoms with Gasteiger partial charge >= 0.3 is 5.97 Å². The number of aliphatic carboxylic acids is 1. The maximum Gasteiger partial charge on any atom is 0.326 e. The first kappa shape index (κ1) is 54.6. The highest BCUT2D eigenvalue weighted by Gasteiger charge is 2.52. The van der Waals surface area contributed by atoms with Crippen LogP contribution in [0, 0.1) is 35.5 Å². The van der Waals surface area contributed by atoms with Gasteiger partial charge in [0.05, 0.1) is 30.5 Å². The van der Waals surface area contributed by atoms with E-state index in [1.165, 1.54) is 7.11 Å². The molecule has 6 N–H and O–H groups in total. The zero-order valence-corrected chi connectivity index (χ0v) is 39.7. The highest BCUT2D eigenvalue weighted by molar-refractivity contribution is 6.39. The van der Waals surface area contributed by atoms with Crippen LogP contribution in [-0.2, 0) is 28.6 Å². The molecule has 0 aromatic heterocycles. The minimum atomic E-state index is -2.30. The smallest absolute Gasteiger partial charge is 0.326 e. The molecular formula is C50H83NO12. The Labute approximate surface area is 377 Å². The van der Waals surface area contributed by atoms with Crippen molar-refractivity contribution in [3.05, 3.63) is 47.6 Å². The van der Waals surface area contributed by atoms with Gasteiger partial charge in [-0.05, 0) is 133 Å². The quantitative estimate of drug-likeness (QED) is 0.0341. The maximum atomic E-state index is 13.3. The molecule has 2 saturated heterocycles. The second-order valence-corrected chi connectivity index (χ2v) is 19.5. The van der Waals surface area contributed by atoms with E-state index in [0.29, 0.717) is 68.8 Å². The van der Waals surface area contributed by atoms with E-state index in [0.717, 1.165) is 42.6 Å². The molecule has 1 amide bonds. The van der Waals surface area contributed by atoms with Gasteiger partial charge in [-0.25, -0.2) is 4.79 Å². The summed E-state index contributed by atoms with van der Waals surface area (Å²) in [6.07, 6.45) is 17.2. The van der Waals surface area contributed by atoms with Crippen molar-refractivity contribution in [3.8, 4) is 0 Å². The first-order chi connectivity index (χ1) is 29.7. The molecule has 360 valence electrons. The van der Waals surface area contributed by atoms with Crippen LogP contribution in [0.4, 0.5) is 0 Å². The van der Waals surface area contributed by atoms with Crippen LogP contribution in [0.3, 0.4) is 0 Å². The van der Waals surface area contributed by atoms with E-state index in [-0.39, 0.29) is 42.9 Å². The minimum absolute atomic E-state index is 0.0984. The molecule has 0 radical (unpaired) electrons. The summed E-state index contributed by atoms with van der Waals surface area (Å²) in [6, 6.07) is -1.08. The number of aliphatic hydroxyl groups is 5. The van der Waals surface area contributed by atoms with Gasteiger partial charge in [0.1, 0.15) is 18.2 Å². The van der Waals surface area contributed by atoms with Crippen molar-refractivity contribution >= 4 is 17.7 Å². The van der Waals surface area contributed by atoms with Crippen LogP contribution in [0.2, 0.25) is 0 Å². The number of Topliss-reactive ketones (excluding diaryl/α,β-unsaturated/α-hetero) is 1. The number of hydrogen-bond donors (Lipinski definition) is 6. The Hall–Kier alpha value is -2.75. The lowest BCUT2D eigenvalue weighted by Gasteiger charge is -2.42. The Bertz CT molecular complexity index is 1560. The van der Waals surface area contributed by atoms with Gasteiger partial charge in [0.2, 0.25) is 5.79 Å². The van der Waals surface area contributed by atoms with Gasteiger partial charge in [-0.2, -0.15) is 0 Å².